The molecule has 151 valence electrons. The monoisotopic (exact) mass is 563 g/mol. The maximum absolute atomic E-state index is 2.95. The van der Waals surface area contributed by atoms with Gasteiger partial charge in [-0.05, 0) is 0 Å². The molecule has 28 heavy (non-hydrogen) atoms. The van der Waals surface area contributed by atoms with Gasteiger partial charge in [-0.1, -0.05) is 0 Å². The van der Waals surface area contributed by atoms with Gasteiger partial charge < -0.3 is 0 Å². The van der Waals surface area contributed by atoms with Crippen molar-refractivity contribution in [3.8, 4) is 0 Å². The van der Waals surface area contributed by atoms with E-state index >= 15 is 0 Å². The molecule has 0 fully saturated rings. The Hall–Kier alpha value is 0.0418. The van der Waals surface area contributed by atoms with Crippen molar-refractivity contribution in [2.24, 2.45) is 0 Å². The second-order valence-corrected chi connectivity index (χ2v) is 53.4. The molecule has 1 aromatic rings. The predicted molar refractivity (Wildman–Crippen MR) is 122 cm³/mol. The molecular weight excluding hydrogens is 526 g/mol. The van der Waals surface area contributed by atoms with E-state index in [1.165, 1.54) is 31.7 Å². The predicted octanol–water partition coefficient (Wildman–Crippen LogP) is 5.93. The van der Waals surface area contributed by atoms with Gasteiger partial charge in [0.1, 0.15) is 0 Å². The third-order valence-electron chi connectivity index (χ3n) is 6.50. The fourth-order valence-corrected chi connectivity index (χ4v) is 67.4. The minimum atomic E-state index is -2.53. The van der Waals surface area contributed by atoms with E-state index < -0.39 is 32.0 Å². The molecule has 4 heteroatoms. The first kappa shape index (κ1) is 22.7. The summed E-state index contributed by atoms with van der Waals surface area (Å²) in [5.41, 5.74) is 6.38. The number of rotatable bonds is 9. The minimum absolute atomic E-state index is 0.715. The Morgan fingerprint density at radius 2 is 1.57 bits per heavy atom. The number of allylic oxidation sites excluding steroid dienone is 5. The van der Waals surface area contributed by atoms with E-state index in [0.29, 0.717) is 3.93 Å². The van der Waals surface area contributed by atoms with Gasteiger partial charge in [-0.3, -0.25) is 0 Å². The molecule has 0 spiro atoms. The normalized spacial score (nSPS) is 18.6. The standard InChI is InChI=1S/C14H11.2C4H10N.2CH3.Sn.Zr/c1-2-6-11(5-1)14-9-12-7-3-4-8-13(12)10-14;2*1-3-5-4-2;;;;/h1-5,7-10H,6H2;2*3-4H2,1-2H3;2*1H3;;/q;2*-1;;;;+2. The van der Waals surface area contributed by atoms with Crippen molar-refractivity contribution in [2.45, 2.75) is 47.9 Å². The Balaban J connectivity index is 2.11. The van der Waals surface area contributed by atoms with Gasteiger partial charge in [0.2, 0.25) is 0 Å². The second kappa shape index (κ2) is 9.90. The third-order valence-corrected chi connectivity index (χ3v) is 56.2. The molecule has 0 heterocycles. The van der Waals surface area contributed by atoms with Crippen LogP contribution in [0.4, 0.5) is 0 Å². The molecule has 0 aliphatic heterocycles. The van der Waals surface area contributed by atoms with Crippen LogP contribution in [-0.4, -0.2) is 45.7 Å². The zero-order chi connectivity index (χ0) is 20.3. The number of nitrogens with zero attached hydrogens (tertiary/aromatic N) is 2. The third kappa shape index (κ3) is 4.24. The Kier molecular flexibility index (Phi) is 8.03. The van der Waals surface area contributed by atoms with Crippen molar-refractivity contribution in [3.63, 3.8) is 0 Å². The summed E-state index contributed by atoms with van der Waals surface area (Å²) in [5.74, 6) is 0. The van der Waals surface area contributed by atoms with Gasteiger partial charge in [-0.25, -0.2) is 0 Å². The molecule has 0 N–H and O–H groups in total. The van der Waals surface area contributed by atoms with Crippen molar-refractivity contribution < 1.29 is 18.2 Å². The Bertz CT molecular complexity index is 761. The van der Waals surface area contributed by atoms with Crippen LogP contribution >= 0.6 is 0 Å². The number of benzene rings is 1. The summed E-state index contributed by atoms with van der Waals surface area (Å²) >= 11 is -4.46. The fraction of sp³-hybridized carbons (Fsp3) is 0.500. The van der Waals surface area contributed by atoms with E-state index in [-0.39, 0.29) is 0 Å². The van der Waals surface area contributed by atoms with Gasteiger partial charge in [0.15, 0.2) is 0 Å². The van der Waals surface area contributed by atoms with Crippen molar-refractivity contribution in [1.82, 2.24) is 5.69 Å². The topological polar surface area (TPSA) is 6.48 Å². The number of hydrogen-bond donors (Lipinski definition) is 0. The molecule has 1 atom stereocenters. The molecule has 2 aliphatic rings. The summed E-state index contributed by atoms with van der Waals surface area (Å²) in [6, 6.07) is 9.27. The molecule has 1 aromatic carbocycles. The number of fused-ring (bicyclic) bond motifs is 1. The molecular formula is C24H37N2SnZr. The van der Waals surface area contributed by atoms with Crippen LogP contribution in [0.25, 0.3) is 6.08 Å². The molecule has 0 radical (unpaired) electrons. The van der Waals surface area contributed by atoms with E-state index in [1.807, 2.05) is 0 Å². The summed E-state index contributed by atoms with van der Waals surface area (Å²) in [5, 5.41) is 0. The van der Waals surface area contributed by atoms with Crippen molar-refractivity contribution in [1.29, 1.82) is 0 Å². The van der Waals surface area contributed by atoms with Crippen molar-refractivity contribution in [3.05, 3.63) is 64.8 Å². The van der Waals surface area contributed by atoms with Gasteiger partial charge in [-0.15, -0.1) is 0 Å². The fourth-order valence-electron chi connectivity index (χ4n) is 5.23. The molecule has 0 amide bonds. The van der Waals surface area contributed by atoms with Gasteiger partial charge in [0, 0.05) is 0 Å². The van der Waals surface area contributed by atoms with Crippen LogP contribution in [0.2, 0.25) is 9.88 Å². The van der Waals surface area contributed by atoms with E-state index in [4.69, 9.17) is 0 Å². The molecule has 2 aliphatic carbocycles. The summed E-state index contributed by atoms with van der Waals surface area (Å²) in [6.45, 7) is 14.4. The van der Waals surface area contributed by atoms with Crippen LogP contribution in [0.5, 0.6) is 0 Å². The Labute approximate surface area is 181 Å². The Morgan fingerprint density at radius 1 is 0.964 bits per heavy atom. The quantitative estimate of drug-likeness (QED) is 0.344. The van der Waals surface area contributed by atoms with Gasteiger partial charge in [0.25, 0.3) is 0 Å². The zero-order valence-corrected chi connectivity index (χ0v) is 23.9. The first-order valence-corrected chi connectivity index (χ1v) is 30.3. The van der Waals surface area contributed by atoms with Crippen molar-refractivity contribution in [2.75, 3.05) is 26.2 Å². The van der Waals surface area contributed by atoms with E-state index in [9.17, 15) is 0 Å². The zero-order valence-electron chi connectivity index (χ0n) is 18.6. The summed E-state index contributed by atoms with van der Waals surface area (Å²) in [7, 11) is 0. The molecule has 2 nitrogen and oxygen atoms in total. The maximum atomic E-state index is 2.95. The van der Waals surface area contributed by atoms with Crippen LogP contribution in [0.3, 0.4) is 0 Å². The average Bonchev–Trinajstić information content (AvgIpc) is 3.35. The van der Waals surface area contributed by atoms with Crippen LogP contribution in [0.1, 0.15) is 49.2 Å². The molecule has 1 unspecified atom stereocenters. The summed E-state index contributed by atoms with van der Waals surface area (Å²) in [4.78, 5) is 5.59. The SMILES string of the molecule is CC[N](CC)[Zr]([N](CC)CC)[Sn]([CH3])([CH3])[CH]1C(C2=CC=CC2)=Cc2ccccc21. The average molecular weight is 564 g/mol. The summed E-state index contributed by atoms with van der Waals surface area (Å²) in [6.07, 6.45) is 10.6. The Morgan fingerprint density at radius 3 is 2.11 bits per heavy atom. The van der Waals surface area contributed by atoms with Crippen molar-refractivity contribution >= 4 is 19.9 Å². The van der Waals surface area contributed by atoms with Gasteiger partial charge in [-0.2, -0.15) is 0 Å². The number of hydrogen-bond acceptors (Lipinski definition) is 2. The first-order valence-electron chi connectivity index (χ1n) is 11.0. The van der Waals surface area contributed by atoms with E-state index in [0.717, 1.165) is 6.42 Å². The first-order chi connectivity index (χ1) is 13.5. The van der Waals surface area contributed by atoms with Crippen LogP contribution in [0, 0.1) is 0 Å². The molecule has 0 saturated carbocycles. The molecule has 0 bridgehead atoms. The van der Waals surface area contributed by atoms with Gasteiger partial charge >= 0.3 is 183 Å². The molecule has 3 rings (SSSR count). The van der Waals surface area contributed by atoms with E-state index in [1.54, 1.807) is 16.7 Å². The van der Waals surface area contributed by atoms with Crippen LogP contribution < -0.4 is 0 Å². The van der Waals surface area contributed by atoms with E-state index in [2.05, 4.69) is 91.8 Å². The molecule has 0 saturated heterocycles. The second-order valence-electron chi connectivity index (χ2n) is 8.38. The van der Waals surface area contributed by atoms with Gasteiger partial charge in [0.05, 0.1) is 0 Å². The van der Waals surface area contributed by atoms with Crippen LogP contribution in [0.15, 0.2) is 53.6 Å². The van der Waals surface area contributed by atoms with Crippen LogP contribution in [-0.2, 0) is 18.2 Å². The summed E-state index contributed by atoms with van der Waals surface area (Å²) < 4.78 is 6.61. The molecule has 0 aromatic heterocycles.